The van der Waals surface area contributed by atoms with Crippen LogP contribution in [0.4, 0.5) is 0 Å². The summed E-state index contributed by atoms with van der Waals surface area (Å²) < 4.78 is 7.64. The van der Waals surface area contributed by atoms with E-state index >= 15 is 0 Å². The Morgan fingerprint density at radius 3 is 2.70 bits per heavy atom. The number of nitrogens with zero attached hydrogens (tertiary/aromatic N) is 3. The van der Waals surface area contributed by atoms with Crippen LogP contribution in [0.2, 0.25) is 0 Å². The van der Waals surface area contributed by atoms with Crippen molar-refractivity contribution in [2.24, 2.45) is 5.73 Å². The van der Waals surface area contributed by atoms with Gasteiger partial charge in [0.1, 0.15) is 11.3 Å². The minimum atomic E-state index is -0.368. The third-order valence-corrected chi connectivity index (χ3v) is 3.13. The fourth-order valence-corrected chi connectivity index (χ4v) is 2.13. The average molecular weight is 281 g/mol. The lowest BCUT2D eigenvalue weighted by atomic mass is 10.4. The number of H-pyrrole nitrogens is 1. The fraction of sp³-hybridized carbons (Fsp3) is 0.583. The maximum Gasteiger partial charge on any atom is 0.332 e. The average Bonchev–Trinajstić information content (AvgIpc) is 2.84. The predicted octanol–water partition coefficient (Wildman–Crippen LogP) is -0.946. The topological polar surface area (TPSA) is 108 Å². The number of imidazole rings is 1. The predicted molar refractivity (Wildman–Crippen MR) is 74.9 cm³/mol. The number of methoxy groups -OCH3 is 1. The van der Waals surface area contributed by atoms with Crippen molar-refractivity contribution in [3.8, 4) is 0 Å². The molecule has 0 amide bonds. The minimum absolute atomic E-state index is 0.311. The molecule has 3 N–H and O–H groups in total. The SMILES string of the molecule is CCn1c(=O)c2[nH]c(CCN)nc2n(CCOC)c1=O. The van der Waals surface area contributed by atoms with E-state index in [1.165, 1.54) is 9.13 Å². The van der Waals surface area contributed by atoms with Crippen LogP contribution in [0.5, 0.6) is 0 Å². The van der Waals surface area contributed by atoms with Gasteiger partial charge in [0.2, 0.25) is 0 Å². The van der Waals surface area contributed by atoms with E-state index in [0.29, 0.717) is 49.7 Å². The number of rotatable bonds is 6. The van der Waals surface area contributed by atoms with Crippen LogP contribution in [0, 0.1) is 0 Å². The molecule has 8 nitrogen and oxygen atoms in total. The summed E-state index contributed by atoms with van der Waals surface area (Å²) >= 11 is 0. The van der Waals surface area contributed by atoms with Crippen molar-refractivity contribution in [3.05, 3.63) is 26.7 Å². The maximum atomic E-state index is 12.3. The second-order valence-electron chi connectivity index (χ2n) is 4.40. The molecule has 2 rings (SSSR count). The molecule has 0 bridgehead atoms. The third-order valence-electron chi connectivity index (χ3n) is 3.13. The van der Waals surface area contributed by atoms with E-state index in [9.17, 15) is 9.59 Å². The number of nitrogens with one attached hydrogen (secondary N) is 1. The summed E-state index contributed by atoms with van der Waals surface area (Å²) in [6.45, 7) is 3.21. The fourth-order valence-electron chi connectivity index (χ4n) is 2.13. The molecule has 110 valence electrons. The summed E-state index contributed by atoms with van der Waals surface area (Å²) in [6.07, 6.45) is 0.527. The van der Waals surface area contributed by atoms with Crippen LogP contribution < -0.4 is 17.0 Å². The van der Waals surface area contributed by atoms with E-state index in [1.54, 1.807) is 14.0 Å². The first-order valence-corrected chi connectivity index (χ1v) is 6.55. The summed E-state index contributed by atoms with van der Waals surface area (Å²) in [5.74, 6) is 0.610. The molecule has 2 aromatic rings. The molecule has 0 saturated heterocycles. The Labute approximate surface area is 115 Å². The van der Waals surface area contributed by atoms with Gasteiger partial charge >= 0.3 is 5.69 Å². The molecule has 20 heavy (non-hydrogen) atoms. The first-order chi connectivity index (χ1) is 9.63. The summed E-state index contributed by atoms with van der Waals surface area (Å²) in [6, 6.07) is 0. The number of aromatic nitrogens is 4. The molecule has 0 aliphatic heterocycles. The molecule has 0 aliphatic carbocycles. The van der Waals surface area contributed by atoms with Gasteiger partial charge in [-0.25, -0.2) is 9.78 Å². The number of aromatic amines is 1. The second-order valence-corrected chi connectivity index (χ2v) is 4.40. The number of hydrogen-bond acceptors (Lipinski definition) is 5. The molecular formula is C12H19N5O3. The Bertz CT molecular complexity index is 712. The van der Waals surface area contributed by atoms with E-state index in [4.69, 9.17) is 10.5 Å². The molecule has 0 atom stereocenters. The zero-order chi connectivity index (χ0) is 14.7. The van der Waals surface area contributed by atoms with Crippen LogP contribution in [0.3, 0.4) is 0 Å². The lowest BCUT2D eigenvalue weighted by Crippen LogP contribution is -2.40. The molecule has 2 heterocycles. The van der Waals surface area contributed by atoms with Crippen LogP contribution in [0.15, 0.2) is 9.59 Å². The Balaban J connectivity index is 2.72. The Kier molecular flexibility index (Phi) is 4.35. The molecule has 0 spiro atoms. The van der Waals surface area contributed by atoms with Crippen LogP contribution in [0.1, 0.15) is 12.7 Å². The van der Waals surface area contributed by atoms with E-state index in [2.05, 4.69) is 9.97 Å². The summed E-state index contributed by atoms with van der Waals surface area (Å²) in [5.41, 5.74) is 5.48. The van der Waals surface area contributed by atoms with Crippen molar-refractivity contribution in [1.29, 1.82) is 0 Å². The van der Waals surface area contributed by atoms with Crippen molar-refractivity contribution in [3.63, 3.8) is 0 Å². The number of hydrogen-bond donors (Lipinski definition) is 2. The van der Waals surface area contributed by atoms with Crippen molar-refractivity contribution in [2.75, 3.05) is 20.3 Å². The zero-order valence-corrected chi connectivity index (χ0v) is 11.7. The summed E-state index contributed by atoms with van der Waals surface area (Å²) in [4.78, 5) is 31.8. The first kappa shape index (κ1) is 14.5. The van der Waals surface area contributed by atoms with E-state index in [0.717, 1.165) is 0 Å². The largest absolute Gasteiger partial charge is 0.383 e. The van der Waals surface area contributed by atoms with Crippen LogP contribution in [-0.2, 0) is 24.2 Å². The molecule has 0 unspecified atom stereocenters. The number of nitrogens with two attached hydrogens (primary N) is 1. The van der Waals surface area contributed by atoms with Gasteiger partial charge in [-0.3, -0.25) is 13.9 Å². The summed E-state index contributed by atoms with van der Waals surface area (Å²) in [5, 5.41) is 0. The van der Waals surface area contributed by atoms with Crippen molar-refractivity contribution in [1.82, 2.24) is 19.1 Å². The highest BCUT2D eigenvalue weighted by Gasteiger charge is 2.16. The van der Waals surface area contributed by atoms with Gasteiger partial charge in [-0.1, -0.05) is 0 Å². The van der Waals surface area contributed by atoms with Crippen molar-refractivity contribution >= 4 is 11.2 Å². The van der Waals surface area contributed by atoms with Gasteiger partial charge in [0.15, 0.2) is 5.65 Å². The van der Waals surface area contributed by atoms with Gasteiger partial charge in [0, 0.05) is 20.1 Å². The Morgan fingerprint density at radius 1 is 1.35 bits per heavy atom. The molecule has 0 fully saturated rings. The zero-order valence-electron chi connectivity index (χ0n) is 11.7. The van der Waals surface area contributed by atoms with E-state index in [1.807, 2.05) is 0 Å². The first-order valence-electron chi connectivity index (χ1n) is 6.55. The molecular weight excluding hydrogens is 262 g/mol. The molecule has 0 saturated carbocycles. The lowest BCUT2D eigenvalue weighted by Gasteiger charge is -2.09. The van der Waals surface area contributed by atoms with Gasteiger partial charge < -0.3 is 15.5 Å². The van der Waals surface area contributed by atoms with E-state index in [-0.39, 0.29) is 11.2 Å². The van der Waals surface area contributed by atoms with Crippen molar-refractivity contribution < 1.29 is 4.74 Å². The number of ether oxygens (including phenoxy) is 1. The highest BCUT2D eigenvalue weighted by atomic mass is 16.5. The number of fused-ring (bicyclic) bond motifs is 1. The van der Waals surface area contributed by atoms with Gasteiger partial charge in [0.05, 0.1) is 13.2 Å². The van der Waals surface area contributed by atoms with Gasteiger partial charge in [-0.05, 0) is 13.5 Å². The standard InChI is InChI=1S/C12H19N5O3/c1-3-16-11(18)9-10(15-8(14-9)4-5-13)17(12(16)19)6-7-20-2/h3-7,13H2,1-2H3,(H,14,15). The van der Waals surface area contributed by atoms with Crippen LogP contribution in [-0.4, -0.2) is 39.4 Å². The summed E-state index contributed by atoms with van der Waals surface area (Å²) in [7, 11) is 1.56. The highest BCUT2D eigenvalue weighted by Crippen LogP contribution is 2.06. The smallest absolute Gasteiger partial charge is 0.332 e. The molecule has 0 aliphatic rings. The normalized spacial score (nSPS) is 11.3. The quantitative estimate of drug-likeness (QED) is 0.710. The molecule has 0 aromatic carbocycles. The monoisotopic (exact) mass is 281 g/mol. The van der Waals surface area contributed by atoms with Gasteiger partial charge in [-0.15, -0.1) is 0 Å². The Morgan fingerprint density at radius 2 is 2.10 bits per heavy atom. The van der Waals surface area contributed by atoms with Gasteiger partial charge in [-0.2, -0.15) is 0 Å². The highest BCUT2D eigenvalue weighted by molar-refractivity contribution is 5.69. The van der Waals surface area contributed by atoms with Crippen molar-refractivity contribution in [2.45, 2.75) is 26.4 Å². The van der Waals surface area contributed by atoms with E-state index < -0.39 is 0 Å². The van der Waals surface area contributed by atoms with Crippen LogP contribution >= 0.6 is 0 Å². The molecule has 0 radical (unpaired) electrons. The molecule has 2 aromatic heterocycles. The van der Waals surface area contributed by atoms with Crippen LogP contribution in [0.25, 0.3) is 11.2 Å². The third kappa shape index (κ3) is 2.39. The Hall–Kier alpha value is -1.93. The maximum absolute atomic E-state index is 12.3. The van der Waals surface area contributed by atoms with Gasteiger partial charge in [0.25, 0.3) is 5.56 Å². The second kappa shape index (κ2) is 6.02. The molecule has 8 heteroatoms. The minimum Gasteiger partial charge on any atom is -0.383 e. The lowest BCUT2D eigenvalue weighted by molar-refractivity contribution is 0.186.